The lowest BCUT2D eigenvalue weighted by atomic mass is 10.2. The molecule has 0 aromatic carbocycles. The molecule has 0 radical (unpaired) electrons. The van der Waals surface area contributed by atoms with Gasteiger partial charge in [0.2, 0.25) is 0 Å². The Morgan fingerprint density at radius 3 is 2.54 bits per heavy atom. The molecule has 1 amide bonds. The second-order valence-electron chi connectivity index (χ2n) is 6.81. The monoisotopic (exact) mass is 331 g/mol. The maximum Gasteiger partial charge on any atom is 0.274 e. The average Bonchev–Trinajstić information content (AvgIpc) is 3.34. The number of aromatic nitrogens is 2. The third-order valence-electron chi connectivity index (χ3n) is 5.31. The molecular formula is C17H25N5O2. The molecule has 4 rings (SSSR count). The highest BCUT2D eigenvalue weighted by Crippen LogP contribution is 2.20. The molecule has 0 bridgehead atoms. The van der Waals surface area contributed by atoms with Crippen LogP contribution < -0.4 is 4.90 Å². The molecule has 0 unspecified atom stereocenters. The highest BCUT2D eigenvalue weighted by atomic mass is 16.5. The van der Waals surface area contributed by atoms with Crippen molar-refractivity contribution >= 4 is 11.7 Å². The van der Waals surface area contributed by atoms with Gasteiger partial charge in [-0.1, -0.05) is 0 Å². The Kier molecular flexibility index (Phi) is 4.62. The Hall–Kier alpha value is -1.73. The molecule has 24 heavy (non-hydrogen) atoms. The summed E-state index contributed by atoms with van der Waals surface area (Å²) < 4.78 is 5.41. The predicted octanol–water partition coefficient (Wildman–Crippen LogP) is 0.624. The third kappa shape index (κ3) is 3.23. The van der Waals surface area contributed by atoms with Gasteiger partial charge in [-0.3, -0.25) is 9.69 Å². The van der Waals surface area contributed by atoms with E-state index in [1.807, 2.05) is 17.0 Å². The van der Waals surface area contributed by atoms with Crippen LogP contribution in [0, 0.1) is 0 Å². The van der Waals surface area contributed by atoms with Crippen LogP contribution in [0.3, 0.4) is 0 Å². The highest BCUT2D eigenvalue weighted by Gasteiger charge is 2.32. The first-order valence-corrected chi connectivity index (χ1v) is 9.01. The summed E-state index contributed by atoms with van der Waals surface area (Å²) in [6.45, 7) is 7.20. The van der Waals surface area contributed by atoms with Crippen LogP contribution in [0.2, 0.25) is 0 Å². The molecular weight excluding hydrogens is 306 g/mol. The number of carbonyl (C=O) groups excluding carboxylic acids is 1. The first-order chi connectivity index (χ1) is 11.8. The number of likely N-dealkylation sites (tertiary alicyclic amines) is 1. The fourth-order valence-corrected chi connectivity index (χ4v) is 3.88. The summed E-state index contributed by atoms with van der Waals surface area (Å²) in [7, 11) is 0. The van der Waals surface area contributed by atoms with Gasteiger partial charge in [0.25, 0.3) is 5.91 Å². The molecule has 7 heteroatoms. The lowest BCUT2D eigenvalue weighted by Crippen LogP contribution is -2.45. The molecule has 3 aliphatic heterocycles. The van der Waals surface area contributed by atoms with Gasteiger partial charge < -0.3 is 14.5 Å². The van der Waals surface area contributed by atoms with Gasteiger partial charge in [-0.05, 0) is 31.4 Å². The van der Waals surface area contributed by atoms with Crippen molar-refractivity contribution in [3.8, 4) is 0 Å². The van der Waals surface area contributed by atoms with Crippen LogP contribution >= 0.6 is 0 Å². The van der Waals surface area contributed by atoms with Gasteiger partial charge in [-0.15, -0.1) is 10.2 Å². The van der Waals surface area contributed by atoms with Crippen molar-refractivity contribution in [3.05, 3.63) is 17.8 Å². The van der Waals surface area contributed by atoms with E-state index < -0.39 is 0 Å². The van der Waals surface area contributed by atoms with Gasteiger partial charge >= 0.3 is 0 Å². The van der Waals surface area contributed by atoms with Crippen molar-refractivity contribution in [1.82, 2.24) is 20.0 Å². The van der Waals surface area contributed by atoms with Gasteiger partial charge in [0.1, 0.15) is 0 Å². The fraction of sp³-hybridized carbons (Fsp3) is 0.706. The van der Waals surface area contributed by atoms with E-state index in [0.717, 1.165) is 64.7 Å². The SMILES string of the molecule is O=C(c1ccc(N2CCCC2)nn1)N1CC[C@@H](N2CCOCC2)C1. The summed E-state index contributed by atoms with van der Waals surface area (Å²) in [5.74, 6) is 0.892. The van der Waals surface area contributed by atoms with Crippen LogP contribution in [-0.2, 0) is 4.74 Å². The van der Waals surface area contributed by atoms with Crippen molar-refractivity contribution in [2.45, 2.75) is 25.3 Å². The lowest BCUT2D eigenvalue weighted by molar-refractivity contribution is 0.0185. The minimum Gasteiger partial charge on any atom is -0.379 e. The molecule has 0 saturated carbocycles. The standard InChI is InChI=1S/C17H25N5O2/c23-17(15-3-4-16(19-18-15)21-6-1-2-7-21)22-8-5-14(13-22)20-9-11-24-12-10-20/h3-4,14H,1-2,5-13H2/t14-/m1/s1. The van der Waals surface area contributed by atoms with Crippen molar-refractivity contribution in [1.29, 1.82) is 0 Å². The second-order valence-corrected chi connectivity index (χ2v) is 6.81. The Bertz CT molecular complexity index is 567. The zero-order valence-electron chi connectivity index (χ0n) is 14.1. The molecule has 1 aromatic rings. The molecule has 3 saturated heterocycles. The van der Waals surface area contributed by atoms with Crippen LogP contribution in [0.15, 0.2) is 12.1 Å². The van der Waals surface area contributed by atoms with Crippen molar-refractivity contribution < 1.29 is 9.53 Å². The van der Waals surface area contributed by atoms with Crippen LogP contribution in [0.4, 0.5) is 5.82 Å². The first-order valence-electron chi connectivity index (χ1n) is 9.01. The van der Waals surface area contributed by atoms with E-state index in [2.05, 4.69) is 20.0 Å². The number of amides is 1. The quantitative estimate of drug-likeness (QED) is 0.809. The first kappa shape index (κ1) is 15.8. The molecule has 130 valence electrons. The third-order valence-corrected chi connectivity index (χ3v) is 5.31. The van der Waals surface area contributed by atoms with Crippen LogP contribution in [0.1, 0.15) is 29.8 Å². The number of anilines is 1. The summed E-state index contributed by atoms with van der Waals surface area (Å²) in [6.07, 6.45) is 3.45. The van der Waals surface area contributed by atoms with E-state index >= 15 is 0 Å². The van der Waals surface area contributed by atoms with Gasteiger partial charge in [0, 0.05) is 45.3 Å². The smallest absolute Gasteiger partial charge is 0.274 e. The molecule has 1 aromatic heterocycles. The minimum absolute atomic E-state index is 0.00577. The van der Waals surface area contributed by atoms with E-state index in [1.165, 1.54) is 12.8 Å². The zero-order chi connectivity index (χ0) is 16.4. The van der Waals surface area contributed by atoms with E-state index in [1.54, 1.807) is 0 Å². The number of nitrogens with zero attached hydrogens (tertiary/aromatic N) is 5. The second kappa shape index (κ2) is 7.03. The largest absolute Gasteiger partial charge is 0.379 e. The number of carbonyl (C=O) groups is 1. The minimum atomic E-state index is 0.00577. The Morgan fingerprint density at radius 1 is 1.04 bits per heavy atom. The molecule has 3 fully saturated rings. The summed E-state index contributed by atoms with van der Waals surface area (Å²) >= 11 is 0. The van der Waals surface area contributed by atoms with Gasteiger partial charge in [-0.25, -0.2) is 0 Å². The maximum atomic E-state index is 12.7. The van der Waals surface area contributed by atoms with Crippen LogP contribution in [0.5, 0.6) is 0 Å². The number of morpholine rings is 1. The number of hydrogen-bond donors (Lipinski definition) is 0. The topological polar surface area (TPSA) is 61.8 Å². The van der Waals surface area contributed by atoms with Crippen molar-refractivity contribution in [3.63, 3.8) is 0 Å². The summed E-state index contributed by atoms with van der Waals surface area (Å²) in [5, 5.41) is 8.45. The number of rotatable bonds is 3. The fourth-order valence-electron chi connectivity index (χ4n) is 3.88. The van der Waals surface area contributed by atoms with Crippen LogP contribution in [-0.4, -0.2) is 84.4 Å². The molecule has 1 atom stereocenters. The van der Waals surface area contributed by atoms with Crippen molar-refractivity contribution in [2.75, 3.05) is 57.4 Å². The molecule has 3 aliphatic rings. The summed E-state index contributed by atoms with van der Waals surface area (Å²) in [6, 6.07) is 4.21. The summed E-state index contributed by atoms with van der Waals surface area (Å²) in [5.41, 5.74) is 0.459. The Morgan fingerprint density at radius 2 is 1.83 bits per heavy atom. The Balaban J connectivity index is 1.37. The molecule has 7 nitrogen and oxygen atoms in total. The molecule has 0 N–H and O–H groups in total. The molecule has 0 spiro atoms. The Labute approximate surface area is 142 Å². The van der Waals surface area contributed by atoms with E-state index in [9.17, 15) is 4.79 Å². The maximum absolute atomic E-state index is 12.7. The van der Waals surface area contributed by atoms with Gasteiger partial charge in [0.15, 0.2) is 11.5 Å². The van der Waals surface area contributed by atoms with Crippen molar-refractivity contribution in [2.24, 2.45) is 0 Å². The van der Waals surface area contributed by atoms with E-state index in [0.29, 0.717) is 11.7 Å². The lowest BCUT2D eigenvalue weighted by Gasteiger charge is -2.32. The highest BCUT2D eigenvalue weighted by molar-refractivity contribution is 5.92. The van der Waals surface area contributed by atoms with Crippen LogP contribution in [0.25, 0.3) is 0 Å². The van der Waals surface area contributed by atoms with E-state index in [-0.39, 0.29) is 5.91 Å². The average molecular weight is 331 g/mol. The number of hydrogen-bond acceptors (Lipinski definition) is 6. The van der Waals surface area contributed by atoms with Gasteiger partial charge in [-0.2, -0.15) is 0 Å². The summed E-state index contributed by atoms with van der Waals surface area (Å²) in [4.78, 5) is 19.3. The molecule has 0 aliphatic carbocycles. The normalized spacial score (nSPS) is 25.4. The van der Waals surface area contributed by atoms with E-state index in [4.69, 9.17) is 4.74 Å². The predicted molar refractivity (Wildman–Crippen MR) is 90.2 cm³/mol. The number of ether oxygens (including phenoxy) is 1. The van der Waals surface area contributed by atoms with Gasteiger partial charge in [0.05, 0.1) is 13.2 Å². The zero-order valence-corrected chi connectivity index (χ0v) is 14.1. The molecule has 4 heterocycles.